The summed E-state index contributed by atoms with van der Waals surface area (Å²) < 4.78 is 5.08. The molecule has 5 heteroatoms. The first-order valence-electron chi connectivity index (χ1n) is 9.72. The number of aliphatic hydroxyl groups is 2. The second kappa shape index (κ2) is 10.5. The van der Waals surface area contributed by atoms with Crippen LogP contribution >= 0.6 is 0 Å². The number of ether oxygens (including phenoxy) is 1. The zero-order valence-corrected chi connectivity index (χ0v) is 16.1. The van der Waals surface area contributed by atoms with Crippen LogP contribution in [0.4, 0.5) is 0 Å². The van der Waals surface area contributed by atoms with Gasteiger partial charge in [-0.3, -0.25) is 0 Å². The van der Waals surface area contributed by atoms with Gasteiger partial charge in [0.1, 0.15) is 12.7 Å². The zero-order valence-electron chi connectivity index (χ0n) is 16.1. The Bertz CT molecular complexity index is 660. The van der Waals surface area contributed by atoms with Crippen LogP contribution in [0.1, 0.15) is 46.0 Å². The molecule has 0 aromatic carbocycles. The lowest BCUT2D eigenvalue weighted by molar-refractivity contribution is -0.141. The fourth-order valence-electron chi connectivity index (χ4n) is 3.95. The molecule has 0 spiro atoms. The number of carboxylic acid groups (broad SMARTS) is 1. The minimum atomic E-state index is -0.969. The molecule has 0 aromatic rings. The Morgan fingerprint density at radius 1 is 1.37 bits per heavy atom. The molecule has 0 heterocycles. The smallest absolute Gasteiger partial charge is 0.329 e. The third-order valence-corrected chi connectivity index (χ3v) is 5.43. The summed E-state index contributed by atoms with van der Waals surface area (Å²) in [5.74, 6) is 11.7. The molecule has 2 fully saturated rings. The largest absolute Gasteiger partial charge is 0.480 e. The predicted octanol–water partition coefficient (Wildman–Crippen LogP) is 2.22. The lowest BCUT2D eigenvalue weighted by atomic mass is 9.91. The van der Waals surface area contributed by atoms with Crippen LogP contribution < -0.4 is 0 Å². The molecule has 0 amide bonds. The van der Waals surface area contributed by atoms with Crippen molar-refractivity contribution >= 4 is 5.97 Å². The van der Waals surface area contributed by atoms with Crippen molar-refractivity contribution in [3.8, 4) is 23.7 Å². The average molecular weight is 374 g/mol. The maximum absolute atomic E-state index is 10.5. The number of aliphatic carboxylic acids is 1. The van der Waals surface area contributed by atoms with Crippen molar-refractivity contribution in [3.05, 3.63) is 11.6 Å². The fourth-order valence-corrected chi connectivity index (χ4v) is 3.95. The molecule has 148 valence electrons. The molecule has 2 rings (SSSR count). The van der Waals surface area contributed by atoms with E-state index >= 15 is 0 Å². The molecule has 27 heavy (non-hydrogen) atoms. The van der Waals surface area contributed by atoms with E-state index in [4.69, 9.17) is 9.84 Å². The Kier molecular flexibility index (Phi) is 8.38. The summed E-state index contributed by atoms with van der Waals surface area (Å²) in [6.07, 6.45) is 4.69. The number of allylic oxidation sites excluding steroid dienone is 1. The van der Waals surface area contributed by atoms with E-state index in [0.29, 0.717) is 24.9 Å². The van der Waals surface area contributed by atoms with Crippen molar-refractivity contribution < 1.29 is 24.9 Å². The Morgan fingerprint density at radius 3 is 2.85 bits per heavy atom. The van der Waals surface area contributed by atoms with Crippen LogP contribution in [-0.2, 0) is 9.53 Å². The number of carbonyl (C=O) groups is 1. The molecule has 0 saturated heterocycles. The molecule has 5 nitrogen and oxygen atoms in total. The molecular formula is C22H30O5. The topological polar surface area (TPSA) is 87.0 Å². The first kappa shape index (κ1) is 21.5. The average Bonchev–Trinajstić information content (AvgIpc) is 3.13. The number of fused-ring (bicyclic) bond motifs is 1. The van der Waals surface area contributed by atoms with Crippen molar-refractivity contribution in [2.24, 2.45) is 23.7 Å². The number of hydrogen-bond donors (Lipinski definition) is 3. The van der Waals surface area contributed by atoms with Gasteiger partial charge < -0.3 is 20.1 Å². The highest BCUT2D eigenvalue weighted by molar-refractivity contribution is 5.68. The van der Waals surface area contributed by atoms with E-state index in [1.807, 2.05) is 19.9 Å². The first-order chi connectivity index (χ1) is 12.9. The normalized spacial score (nSPS) is 30.0. The second-order valence-corrected chi connectivity index (χ2v) is 7.55. The van der Waals surface area contributed by atoms with Gasteiger partial charge in [-0.1, -0.05) is 37.3 Å². The number of carboxylic acids is 1. The maximum atomic E-state index is 10.5. The highest BCUT2D eigenvalue weighted by Gasteiger charge is 2.45. The molecule has 2 saturated carbocycles. The number of hydrogen-bond acceptors (Lipinski definition) is 4. The van der Waals surface area contributed by atoms with Gasteiger partial charge >= 0.3 is 5.97 Å². The Balaban J connectivity index is 1.91. The van der Waals surface area contributed by atoms with Crippen LogP contribution in [0.3, 0.4) is 0 Å². The third kappa shape index (κ3) is 6.40. The minimum absolute atomic E-state index is 0.0173. The van der Waals surface area contributed by atoms with Crippen LogP contribution in [-0.4, -0.2) is 46.7 Å². The van der Waals surface area contributed by atoms with Crippen molar-refractivity contribution in [2.75, 3.05) is 13.2 Å². The Hall–Kier alpha value is -1.79. The van der Waals surface area contributed by atoms with Gasteiger partial charge in [-0.15, -0.1) is 11.8 Å². The summed E-state index contributed by atoms with van der Waals surface area (Å²) in [4.78, 5) is 10.5. The Labute approximate surface area is 161 Å². The molecule has 0 radical (unpaired) electrons. The lowest BCUT2D eigenvalue weighted by Gasteiger charge is -2.16. The van der Waals surface area contributed by atoms with E-state index in [9.17, 15) is 15.0 Å². The molecule has 0 aromatic heterocycles. The molecular weight excluding hydrogens is 344 g/mol. The molecule has 2 aliphatic rings. The summed E-state index contributed by atoms with van der Waals surface area (Å²) in [6.45, 7) is 3.94. The lowest BCUT2D eigenvalue weighted by Crippen LogP contribution is -2.19. The van der Waals surface area contributed by atoms with Crippen molar-refractivity contribution in [1.82, 2.24) is 0 Å². The standard InChI is InChI=1S/C22H30O5/c1-3-4-5-6-15(2)20(23)8-7-18-19-12-16(9-10-27-14-22(25)26)11-17(19)13-21(18)24/h9,15,17-21,23-24H,3,6,10-14H2,1-2H3,(H,25,26)/b16-9+/t15-,17-,18+,19-,20-,21-/m0/s1. The molecule has 0 unspecified atom stereocenters. The van der Waals surface area contributed by atoms with Crippen LogP contribution in [0.25, 0.3) is 0 Å². The summed E-state index contributed by atoms with van der Waals surface area (Å²) in [6, 6.07) is 0. The summed E-state index contributed by atoms with van der Waals surface area (Å²) in [7, 11) is 0. The third-order valence-electron chi connectivity index (χ3n) is 5.43. The van der Waals surface area contributed by atoms with E-state index in [1.165, 1.54) is 5.57 Å². The van der Waals surface area contributed by atoms with Gasteiger partial charge in [0.25, 0.3) is 0 Å². The molecule has 6 atom stereocenters. The van der Waals surface area contributed by atoms with Gasteiger partial charge in [0.05, 0.1) is 12.7 Å². The van der Waals surface area contributed by atoms with Gasteiger partial charge in [0, 0.05) is 24.7 Å². The predicted molar refractivity (Wildman–Crippen MR) is 102 cm³/mol. The molecule has 0 aliphatic heterocycles. The number of rotatable bonds is 6. The second-order valence-electron chi connectivity index (χ2n) is 7.55. The summed E-state index contributed by atoms with van der Waals surface area (Å²) in [5.41, 5.74) is 1.25. The fraction of sp³-hybridized carbons (Fsp3) is 0.682. The quantitative estimate of drug-likeness (QED) is 0.377. The van der Waals surface area contributed by atoms with Crippen LogP contribution in [0.5, 0.6) is 0 Å². The SMILES string of the molecule is CCC#CC[C@H](C)[C@@H](O)C#C[C@@H]1[C@H]2C/C(=C/COCC(=O)O)C[C@H]2C[C@@H]1O. The van der Waals surface area contributed by atoms with Crippen LogP contribution in [0.2, 0.25) is 0 Å². The highest BCUT2D eigenvalue weighted by Crippen LogP contribution is 2.49. The van der Waals surface area contributed by atoms with Crippen molar-refractivity contribution in [2.45, 2.75) is 58.2 Å². The van der Waals surface area contributed by atoms with Crippen molar-refractivity contribution in [3.63, 3.8) is 0 Å². The van der Waals surface area contributed by atoms with Gasteiger partial charge in [0.2, 0.25) is 0 Å². The highest BCUT2D eigenvalue weighted by atomic mass is 16.5. The van der Waals surface area contributed by atoms with Crippen LogP contribution in [0, 0.1) is 47.4 Å². The zero-order chi connectivity index (χ0) is 19.8. The first-order valence-corrected chi connectivity index (χ1v) is 9.72. The van der Waals surface area contributed by atoms with Gasteiger partial charge in [-0.25, -0.2) is 4.79 Å². The van der Waals surface area contributed by atoms with Crippen LogP contribution in [0.15, 0.2) is 11.6 Å². The number of aliphatic hydroxyl groups excluding tert-OH is 2. The van der Waals surface area contributed by atoms with Gasteiger partial charge in [-0.2, -0.15) is 0 Å². The van der Waals surface area contributed by atoms with E-state index < -0.39 is 18.2 Å². The maximum Gasteiger partial charge on any atom is 0.329 e. The van der Waals surface area contributed by atoms with Gasteiger partial charge in [-0.05, 0) is 31.1 Å². The van der Waals surface area contributed by atoms with E-state index in [1.54, 1.807) is 0 Å². The van der Waals surface area contributed by atoms with E-state index in [2.05, 4.69) is 23.7 Å². The monoisotopic (exact) mass is 374 g/mol. The molecule has 2 aliphatic carbocycles. The summed E-state index contributed by atoms with van der Waals surface area (Å²) in [5, 5.41) is 29.2. The Morgan fingerprint density at radius 2 is 2.15 bits per heavy atom. The minimum Gasteiger partial charge on any atom is -0.480 e. The van der Waals surface area contributed by atoms with Crippen molar-refractivity contribution in [1.29, 1.82) is 0 Å². The van der Waals surface area contributed by atoms with Gasteiger partial charge in [0.15, 0.2) is 0 Å². The summed E-state index contributed by atoms with van der Waals surface area (Å²) >= 11 is 0. The van der Waals surface area contributed by atoms with E-state index in [0.717, 1.165) is 25.7 Å². The molecule has 0 bridgehead atoms. The molecule has 3 N–H and O–H groups in total. The van der Waals surface area contributed by atoms with E-state index in [-0.39, 0.29) is 18.4 Å².